The van der Waals surface area contributed by atoms with E-state index in [9.17, 15) is 9.59 Å². The third-order valence-electron chi connectivity index (χ3n) is 9.13. The van der Waals surface area contributed by atoms with Crippen molar-refractivity contribution < 1.29 is 19.1 Å². The fourth-order valence-corrected chi connectivity index (χ4v) is 6.09. The molecule has 266 valence electrons. The molecule has 0 aliphatic heterocycles. The first-order chi connectivity index (χ1) is 22.7. The summed E-state index contributed by atoms with van der Waals surface area (Å²) in [6.07, 6.45) is 39.1. The molecule has 0 saturated heterocycles. The highest BCUT2D eigenvalue weighted by atomic mass is 16.5. The molecule has 0 atom stereocenters. The van der Waals surface area contributed by atoms with Gasteiger partial charge in [0.25, 0.3) is 0 Å². The number of nitrogens with zero attached hydrogens (tertiary/aromatic N) is 1. The molecule has 1 heterocycles. The first-order valence-corrected chi connectivity index (χ1v) is 20.0. The van der Waals surface area contributed by atoms with Gasteiger partial charge in [-0.05, 0) is 25.0 Å². The second-order valence-electron chi connectivity index (χ2n) is 13.6. The van der Waals surface area contributed by atoms with Gasteiger partial charge >= 0.3 is 11.9 Å². The van der Waals surface area contributed by atoms with Crippen molar-refractivity contribution in [1.29, 1.82) is 0 Å². The van der Waals surface area contributed by atoms with Crippen molar-refractivity contribution in [2.24, 2.45) is 0 Å². The highest BCUT2D eigenvalue weighted by Crippen LogP contribution is 2.15. The summed E-state index contributed by atoms with van der Waals surface area (Å²) in [5, 5.41) is 0. The lowest BCUT2D eigenvalue weighted by atomic mass is 10.0. The van der Waals surface area contributed by atoms with Crippen LogP contribution in [0.5, 0.6) is 0 Å². The third kappa shape index (κ3) is 26.2. The van der Waals surface area contributed by atoms with Crippen molar-refractivity contribution in [2.45, 2.75) is 206 Å². The number of rotatable bonds is 34. The number of aromatic nitrogens is 1. The minimum Gasteiger partial charge on any atom is -0.461 e. The molecule has 1 aromatic heterocycles. The van der Waals surface area contributed by atoms with Crippen LogP contribution in [0, 0.1) is 0 Å². The van der Waals surface area contributed by atoms with Crippen LogP contribution < -0.4 is 0 Å². The van der Waals surface area contributed by atoms with Crippen LogP contribution in [0.4, 0.5) is 0 Å². The lowest BCUT2D eigenvalue weighted by molar-refractivity contribution is 0.0482. The predicted octanol–water partition coefficient (Wildman–Crippen LogP) is 13.1. The van der Waals surface area contributed by atoms with E-state index in [4.69, 9.17) is 9.47 Å². The number of ether oxygens (including phenoxy) is 2. The Balaban J connectivity index is 1.97. The third-order valence-corrected chi connectivity index (χ3v) is 9.13. The van der Waals surface area contributed by atoms with Crippen molar-refractivity contribution in [3.8, 4) is 0 Å². The van der Waals surface area contributed by atoms with Gasteiger partial charge in [0.1, 0.15) is 11.4 Å². The van der Waals surface area contributed by atoms with Gasteiger partial charge in [-0.25, -0.2) is 14.6 Å². The van der Waals surface area contributed by atoms with E-state index in [1.807, 2.05) is 0 Å². The maximum absolute atomic E-state index is 12.4. The van der Waals surface area contributed by atoms with Gasteiger partial charge < -0.3 is 9.47 Å². The summed E-state index contributed by atoms with van der Waals surface area (Å²) in [6, 6.07) is 4.86. The Morgan fingerprint density at radius 3 is 0.913 bits per heavy atom. The number of unbranched alkanes of at least 4 members (excludes halogenated alkanes) is 28. The van der Waals surface area contributed by atoms with E-state index >= 15 is 0 Å². The van der Waals surface area contributed by atoms with Crippen molar-refractivity contribution in [3.63, 3.8) is 0 Å². The smallest absolute Gasteiger partial charge is 0.356 e. The average Bonchev–Trinajstić information content (AvgIpc) is 3.07. The van der Waals surface area contributed by atoms with E-state index < -0.39 is 11.9 Å². The Hall–Kier alpha value is -1.91. The Labute approximate surface area is 284 Å². The largest absolute Gasteiger partial charge is 0.461 e. The predicted molar refractivity (Wildman–Crippen MR) is 195 cm³/mol. The van der Waals surface area contributed by atoms with Crippen molar-refractivity contribution in [1.82, 2.24) is 4.98 Å². The highest BCUT2D eigenvalue weighted by Gasteiger charge is 2.14. The molecule has 5 heteroatoms. The van der Waals surface area contributed by atoms with E-state index in [0.29, 0.717) is 13.2 Å². The zero-order valence-corrected chi connectivity index (χ0v) is 30.4. The van der Waals surface area contributed by atoms with Crippen LogP contribution >= 0.6 is 0 Å². The first-order valence-electron chi connectivity index (χ1n) is 20.0. The van der Waals surface area contributed by atoms with Crippen LogP contribution in [0.3, 0.4) is 0 Å². The summed E-state index contributed by atoms with van der Waals surface area (Å²) in [4.78, 5) is 29.1. The SMILES string of the molecule is CCCCCCCCCCCCCCCCCOC(=O)c1cccc(C(=O)OCCCCCCCCCCCCCCCCC)n1. The summed E-state index contributed by atoms with van der Waals surface area (Å²) in [5.41, 5.74) is 0.338. The molecule has 0 bridgehead atoms. The summed E-state index contributed by atoms with van der Waals surface area (Å²) < 4.78 is 10.8. The van der Waals surface area contributed by atoms with E-state index in [-0.39, 0.29) is 11.4 Å². The number of hydrogen-bond donors (Lipinski definition) is 0. The zero-order chi connectivity index (χ0) is 33.2. The van der Waals surface area contributed by atoms with Gasteiger partial charge in [0.2, 0.25) is 0 Å². The van der Waals surface area contributed by atoms with Gasteiger partial charge in [0.05, 0.1) is 13.2 Å². The van der Waals surface area contributed by atoms with Crippen LogP contribution in [0.2, 0.25) is 0 Å². The number of carbonyl (C=O) groups is 2. The van der Waals surface area contributed by atoms with Crippen molar-refractivity contribution >= 4 is 11.9 Å². The van der Waals surface area contributed by atoms with Gasteiger partial charge in [-0.2, -0.15) is 0 Å². The van der Waals surface area contributed by atoms with Crippen LogP contribution in [0.15, 0.2) is 18.2 Å². The summed E-state index contributed by atoms with van der Waals surface area (Å²) in [6.45, 7) is 5.34. The molecule has 0 fully saturated rings. The van der Waals surface area contributed by atoms with E-state index in [2.05, 4.69) is 18.8 Å². The molecule has 0 unspecified atom stereocenters. The number of hydrogen-bond acceptors (Lipinski definition) is 5. The maximum Gasteiger partial charge on any atom is 0.356 e. The van der Waals surface area contributed by atoms with Crippen LogP contribution in [0.1, 0.15) is 227 Å². The molecule has 0 saturated carbocycles. The molecular weight excluding hydrogens is 570 g/mol. The normalized spacial score (nSPS) is 11.2. The van der Waals surface area contributed by atoms with Gasteiger partial charge in [-0.1, -0.05) is 200 Å². The van der Waals surface area contributed by atoms with Crippen LogP contribution in [0.25, 0.3) is 0 Å². The molecule has 5 nitrogen and oxygen atoms in total. The molecule has 0 aliphatic carbocycles. The standard InChI is InChI=1S/C41H73NO4/c1-3-5-7-9-11-13-15-17-19-21-23-25-27-29-31-36-45-40(43)38-34-33-35-39(42-38)41(44)46-37-32-30-28-26-24-22-20-18-16-14-12-10-8-6-4-2/h33-35H,3-32,36-37H2,1-2H3. The molecule has 0 radical (unpaired) electrons. The van der Waals surface area contributed by atoms with E-state index in [1.165, 1.54) is 167 Å². The molecular formula is C41H73NO4. The maximum atomic E-state index is 12.4. The zero-order valence-electron chi connectivity index (χ0n) is 30.4. The Morgan fingerprint density at radius 2 is 0.652 bits per heavy atom. The van der Waals surface area contributed by atoms with E-state index in [1.54, 1.807) is 18.2 Å². The summed E-state index contributed by atoms with van der Waals surface area (Å²) in [7, 11) is 0. The Morgan fingerprint density at radius 1 is 0.413 bits per heavy atom. The molecule has 0 spiro atoms. The van der Waals surface area contributed by atoms with Gasteiger partial charge in [0.15, 0.2) is 0 Å². The second-order valence-corrected chi connectivity index (χ2v) is 13.6. The minimum absolute atomic E-state index is 0.169. The molecule has 1 rings (SSSR count). The fourth-order valence-electron chi connectivity index (χ4n) is 6.09. The second kappa shape index (κ2) is 33.0. The highest BCUT2D eigenvalue weighted by molar-refractivity contribution is 5.91. The molecule has 0 amide bonds. The molecule has 0 aromatic carbocycles. The fraction of sp³-hybridized carbons (Fsp3) is 0.829. The van der Waals surface area contributed by atoms with Gasteiger partial charge in [-0.3, -0.25) is 0 Å². The van der Waals surface area contributed by atoms with Crippen LogP contribution in [-0.2, 0) is 9.47 Å². The van der Waals surface area contributed by atoms with Crippen LogP contribution in [-0.4, -0.2) is 30.1 Å². The lowest BCUT2D eigenvalue weighted by Crippen LogP contribution is -2.13. The van der Waals surface area contributed by atoms with E-state index in [0.717, 1.165) is 25.7 Å². The summed E-state index contributed by atoms with van der Waals surface area (Å²) in [5.74, 6) is -0.940. The number of carbonyl (C=O) groups excluding carboxylic acids is 2. The monoisotopic (exact) mass is 644 g/mol. The van der Waals surface area contributed by atoms with Gasteiger partial charge in [-0.15, -0.1) is 0 Å². The first kappa shape index (κ1) is 42.1. The average molecular weight is 644 g/mol. The summed E-state index contributed by atoms with van der Waals surface area (Å²) >= 11 is 0. The molecule has 0 aliphatic rings. The number of esters is 2. The van der Waals surface area contributed by atoms with Crippen molar-refractivity contribution in [2.75, 3.05) is 13.2 Å². The van der Waals surface area contributed by atoms with Crippen molar-refractivity contribution in [3.05, 3.63) is 29.6 Å². The molecule has 46 heavy (non-hydrogen) atoms. The Bertz CT molecular complexity index is 763. The lowest BCUT2D eigenvalue weighted by Gasteiger charge is -2.07. The van der Waals surface area contributed by atoms with Gasteiger partial charge in [0, 0.05) is 0 Å². The quantitative estimate of drug-likeness (QED) is 0.0552. The Kier molecular flexibility index (Phi) is 30.2. The molecule has 0 N–H and O–H groups in total. The number of pyridine rings is 1. The minimum atomic E-state index is -0.470. The topological polar surface area (TPSA) is 65.5 Å². The molecule has 1 aromatic rings.